The molecule has 0 N–H and O–H groups in total. The van der Waals surface area contributed by atoms with Crippen molar-refractivity contribution in [2.75, 3.05) is 25.2 Å². The zero-order valence-electron chi connectivity index (χ0n) is 19.3. The molecule has 0 fully saturated rings. The zero-order chi connectivity index (χ0) is 23.8. The van der Waals surface area contributed by atoms with E-state index in [1.165, 1.54) is 7.11 Å². The Labute approximate surface area is 193 Å². The second-order valence-corrected chi connectivity index (χ2v) is 9.20. The van der Waals surface area contributed by atoms with Crippen LogP contribution in [0.1, 0.15) is 47.8 Å². The highest BCUT2D eigenvalue weighted by atomic mass is 16.6. The van der Waals surface area contributed by atoms with E-state index >= 15 is 0 Å². The first kappa shape index (κ1) is 22.6. The molecule has 2 aliphatic heterocycles. The topological polar surface area (TPSA) is 85.4 Å². The number of nitrogens with zero attached hydrogens (tertiary/aromatic N) is 2. The number of ether oxygens (including phenoxy) is 3. The molecule has 2 heterocycles. The number of rotatable bonds is 3. The Bertz CT molecular complexity index is 1100. The van der Waals surface area contributed by atoms with Crippen LogP contribution in [0, 0.1) is 0 Å². The van der Waals surface area contributed by atoms with Gasteiger partial charge in [0.15, 0.2) is 6.61 Å². The molecule has 0 saturated carbocycles. The Balaban J connectivity index is 1.53. The van der Waals surface area contributed by atoms with Crippen LogP contribution >= 0.6 is 0 Å². The molecular formula is C25H28N2O6. The fourth-order valence-electron chi connectivity index (χ4n) is 3.99. The van der Waals surface area contributed by atoms with Crippen LogP contribution in [0.5, 0.6) is 5.75 Å². The highest BCUT2D eigenvalue weighted by molar-refractivity contribution is 6.00. The molecule has 0 aliphatic carbocycles. The number of methoxy groups -OCH3 is 1. The minimum atomic E-state index is -0.532. The monoisotopic (exact) mass is 452 g/mol. The van der Waals surface area contributed by atoms with Gasteiger partial charge in [-0.3, -0.25) is 4.79 Å². The molecule has 2 amide bonds. The van der Waals surface area contributed by atoms with E-state index in [0.717, 1.165) is 16.7 Å². The molecule has 4 rings (SSSR count). The van der Waals surface area contributed by atoms with Gasteiger partial charge in [-0.2, -0.15) is 0 Å². The van der Waals surface area contributed by atoms with E-state index in [-0.39, 0.29) is 18.6 Å². The van der Waals surface area contributed by atoms with Gasteiger partial charge in [-0.15, -0.1) is 0 Å². The number of fused-ring (bicyclic) bond motifs is 2. The summed E-state index contributed by atoms with van der Waals surface area (Å²) in [6, 6.07) is 11.0. The average Bonchev–Trinajstić information content (AvgIpc) is 2.78. The second-order valence-electron chi connectivity index (χ2n) is 9.20. The summed E-state index contributed by atoms with van der Waals surface area (Å²) in [6.07, 6.45) is 0.400. The first-order valence-electron chi connectivity index (χ1n) is 10.9. The standard InChI is InChI=1S/C25H28N2O6/c1-25(2,3)33-24(30)26-10-9-17-11-16(5-6-19(17)14-26)13-27-20-12-18(23(29)31-4)7-8-21(20)32-15-22(27)28/h5-8,11-12H,9-10,13-15H2,1-4H3. The van der Waals surface area contributed by atoms with Crippen molar-refractivity contribution in [3.05, 3.63) is 58.7 Å². The smallest absolute Gasteiger partial charge is 0.410 e. The largest absolute Gasteiger partial charge is 0.482 e. The van der Waals surface area contributed by atoms with Crippen LogP contribution in [0.3, 0.4) is 0 Å². The van der Waals surface area contributed by atoms with Gasteiger partial charge in [-0.1, -0.05) is 18.2 Å². The van der Waals surface area contributed by atoms with Gasteiger partial charge >= 0.3 is 12.1 Å². The lowest BCUT2D eigenvalue weighted by Crippen LogP contribution is -2.40. The van der Waals surface area contributed by atoms with Crippen molar-refractivity contribution in [1.82, 2.24) is 4.90 Å². The fourth-order valence-corrected chi connectivity index (χ4v) is 3.99. The molecule has 0 aromatic heterocycles. The van der Waals surface area contributed by atoms with Crippen molar-refractivity contribution < 1.29 is 28.6 Å². The van der Waals surface area contributed by atoms with Crippen LogP contribution in [-0.4, -0.2) is 48.7 Å². The van der Waals surface area contributed by atoms with Gasteiger partial charge in [-0.05, 0) is 62.1 Å². The van der Waals surface area contributed by atoms with Gasteiger partial charge < -0.3 is 24.0 Å². The Morgan fingerprint density at radius 2 is 1.88 bits per heavy atom. The van der Waals surface area contributed by atoms with Crippen molar-refractivity contribution in [3.8, 4) is 5.75 Å². The van der Waals surface area contributed by atoms with E-state index in [1.807, 2.05) is 32.9 Å². The molecular weight excluding hydrogens is 424 g/mol. The van der Waals surface area contributed by atoms with E-state index in [2.05, 4.69) is 6.07 Å². The maximum Gasteiger partial charge on any atom is 0.410 e. The lowest BCUT2D eigenvalue weighted by molar-refractivity contribution is -0.121. The van der Waals surface area contributed by atoms with Crippen molar-refractivity contribution in [3.63, 3.8) is 0 Å². The fraction of sp³-hybridized carbons (Fsp3) is 0.400. The summed E-state index contributed by atoms with van der Waals surface area (Å²) in [5.74, 6) is -0.106. The molecule has 0 spiro atoms. The van der Waals surface area contributed by atoms with Crippen LogP contribution in [0.25, 0.3) is 0 Å². The molecule has 8 nitrogen and oxygen atoms in total. The molecule has 0 radical (unpaired) electrons. The first-order valence-corrected chi connectivity index (χ1v) is 10.9. The van der Waals surface area contributed by atoms with E-state index < -0.39 is 11.6 Å². The molecule has 33 heavy (non-hydrogen) atoms. The highest BCUT2D eigenvalue weighted by Gasteiger charge is 2.29. The Kier molecular flexibility index (Phi) is 6.01. The molecule has 174 valence electrons. The lowest BCUT2D eigenvalue weighted by atomic mass is 9.97. The van der Waals surface area contributed by atoms with Gasteiger partial charge in [0, 0.05) is 13.1 Å². The number of esters is 1. The number of anilines is 1. The third kappa shape index (κ3) is 4.94. The minimum absolute atomic E-state index is 0.0552. The Hall–Kier alpha value is -3.55. The summed E-state index contributed by atoms with van der Waals surface area (Å²) in [4.78, 5) is 40.4. The van der Waals surface area contributed by atoms with Crippen molar-refractivity contribution in [2.45, 2.75) is 45.9 Å². The van der Waals surface area contributed by atoms with Gasteiger partial charge in [-0.25, -0.2) is 9.59 Å². The summed E-state index contributed by atoms with van der Waals surface area (Å²) in [6.45, 7) is 6.93. The maximum absolute atomic E-state index is 12.7. The van der Waals surface area contributed by atoms with Gasteiger partial charge in [0.25, 0.3) is 5.91 Å². The number of hydrogen-bond acceptors (Lipinski definition) is 6. The maximum atomic E-state index is 12.7. The molecule has 8 heteroatoms. The third-order valence-corrected chi connectivity index (χ3v) is 5.60. The highest BCUT2D eigenvalue weighted by Crippen LogP contribution is 2.34. The zero-order valence-corrected chi connectivity index (χ0v) is 19.3. The number of hydrogen-bond donors (Lipinski definition) is 0. The molecule has 0 saturated heterocycles. The first-order chi connectivity index (χ1) is 15.6. The second kappa shape index (κ2) is 8.77. The molecule has 0 unspecified atom stereocenters. The normalized spacial score (nSPS) is 15.3. The van der Waals surface area contributed by atoms with Crippen LogP contribution in [-0.2, 0) is 33.8 Å². The molecule has 0 atom stereocenters. The summed E-state index contributed by atoms with van der Waals surface area (Å²) in [5, 5.41) is 0. The van der Waals surface area contributed by atoms with E-state index in [9.17, 15) is 14.4 Å². The lowest BCUT2D eigenvalue weighted by Gasteiger charge is -2.32. The molecule has 2 aromatic carbocycles. The van der Waals surface area contributed by atoms with E-state index in [0.29, 0.717) is 43.1 Å². The van der Waals surface area contributed by atoms with Crippen LogP contribution in [0.4, 0.5) is 10.5 Å². The predicted octanol–water partition coefficient (Wildman–Crippen LogP) is 3.69. The molecule has 0 bridgehead atoms. The number of carbonyl (C=O) groups is 3. The van der Waals surface area contributed by atoms with E-state index in [1.54, 1.807) is 28.0 Å². The predicted molar refractivity (Wildman–Crippen MR) is 121 cm³/mol. The molecule has 2 aromatic rings. The SMILES string of the molecule is COC(=O)c1ccc2c(c1)N(Cc1ccc3c(c1)CCN(C(=O)OC(C)(C)C)C3)C(=O)CO2. The summed E-state index contributed by atoms with van der Waals surface area (Å²) >= 11 is 0. The average molecular weight is 453 g/mol. The van der Waals surface area contributed by atoms with Crippen molar-refractivity contribution in [1.29, 1.82) is 0 Å². The van der Waals surface area contributed by atoms with Crippen molar-refractivity contribution in [2.24, 2.45) is 0 Å². The number of benzene rings is 2. The third-order valence-electron chi connectivity index (χ3n) is 5.60. The van der Waals surface area contributed by atoms with Crippen molar-refractivity contribution >= 4 is 23.7 Å². The quantitative estimate of drug-likeness (QED) is 0.661. The minimum Gasteiger partial charge on any atom is -0.482 e. The summed E-state index contributed by atoms with van der Waals surface area (Å²) in [5.41, 5.74) is 3.55. The van der Waals surface area contributed by atoms with Crippen LogP contribution < -0.4 is 9.64 Å². The Morgan fingerprint density at radius 3 is 2.61 bits per heavy atom. The number of carbonyl (C=O) groups excluding carboxylic acids is 3. The number of amides is 2. The summed E-state index contributed by atoms with van der Waals surface area (Å²) in [7, 11) is 1.32. The Morgan fingerprint density at radius 1 is 1.09 bits per heavy atom. The summed E-state index contributed by atoms with van der Waals surface area (Å²) < 4.78 is 15.8. The van der Waals surface area contributed by atoms with Gasteiger partial charge in [0.05, 0.1) is 24.9 Å². The van der Waals surface area contributed by atoms with E-state index in [4.69, 9.17) is 14.2 Å². The van der Waals surface area contributed by atoms with Gasteiger partial charge in [0.2, 0.25) is 0 Å². The van der Waals surface area contributed by atoms with Crippen LogP contribution in [0.2, 0.25) is 0 Å². The van der Waals surface area contributed by atoms with Crippen LogP contribution in [0.15, 0.2) is 36.4 Å². The molecule has 2 aliphatic rings. The van der Waals surface area contributed by atoms with Gasteiger partial charge in [0.1, 0.15) is 11.4 Å².